The van der Waals surface area contributed by atoms with Crippen molar-refractivity contribution in [1.29, 1.82) is 5.26 Å². The van der Waals surface area contributed by atoms with Crippen molar-refractivity contribution in [3.63, 3.8) is 0 Å². The highest BCUT2D eigenvalue weighted by molar-refractivity contribution is 5.52. The topological polar surface area (TPSA) is 56.0 Å². The van der Waals surface area contributed by atoms with Gasteiger partial charge in [-0.3, -0.25) is 0 Å². The Hall–Kier alpha value is -2.61. The zero-order valence-corrected chi connectivity index (χ0v) is 12.9. The summed E-state index contributed by atoms with van der Waals surface area (Å²) in [5.41, 5.74) is 2.86. The highest BCUT2D eigenvalue weighted by Gasteiger charge is 2.26. The molecule has 112 valence electrons. The minimum Gasteiger partial charge on any atom is -0.369 e. The second-order valence-electron chi connectivity index (χ2n) is 5.68. The van der Waals surface area contributed by atoms with Gasteiger partial charge < -0.3 is 9.80 Å². The molecule has 0 N–H and O–H groups in total. The van der Waals surface area contributed by atoms with Gasteiger partial charge in [-0.15, -0.1) is 0 Å². The SMILES string of the molecule is Cc1cc(N(C)C2CCN(c3ccc(C#N)cc3)C2)ncn1. The van der Waals surface area contributed by atoms with Crippen LogP contribution in [0.2, 0.25) is 0 Å². The van der Waals surface area contributed by atoms with Crippen molar-refractivity contribution in [2.45, 2.75) is 19.4 Å². The Bertz CT molecular complexity index is 689. The zero-order valence-electron chi connectivity index (χ0n) is 12.9. The van der Waals surface area contributed by atoms with E-state index in [-0.39, 0.29) is 0 Å². The van der Waals surface area contributed by atoms with Crippen LogP contribution in [0, 0.1) is 18.3 Å². The fourth-order valence-corrected chi connectivity index (χ4v) is 2.86. The van der Waals surface area contributed by atoms with E-state index in [2.05, 4.69) is 32.9 Å². The predicted molar refractivity (Wildman–Crippen MR) is 86.9 cm³/mol. The van der Waals surface area contributed by atoms with Crippen molar-refractivity contribution >= 4 is 11.5 Å². The minimum absolute atomic E-state index is 0.435. The molecule has 1 fully saturated rings. The number of rotatable bonds is 3. The molecule has 22 heavy (non-hydrogen) atoms. The van der Waals surface area contributed by atoms with Crippen LogP contribution in [0.5, 0.6) is 0 Å². The van der Waals surface area contributed by atoms with E-state index in [4.69, 9.17) is 5.26 Å². The van der Waals surface area contributed by atoms with Gasteiger partial charge in [0, 0.05) is 43.6 Å². The van der Waals surface area contributed by atoms with Crippen LogP contribution in [0.1, 0.15) is 17.7 Å². The molecular formula is C17H19N5. The monoisotopic (exact) mass is 293 g/mol. The van der Waals surface area contributed by atoms with Gasteiger partial charge in [-0.25, -0.2) is 9.97 Å². The number of likely N-dealkylation sites (N-methyl/N-ethyl adjacent to an activating group) is 1. The Balaban J connectivity index is 1.70. The number of hydrogen-bond donors (Lipinski definition) is 0. The summed E-state index contributed by atoms with van der Waals surface area (Å²) in [6.07, 6.45) is 2.72. The molecule has 1 saturated heterocycles. The molecule has 1 aliphatic heterocycles. The van der Waals surface area contributed by atoms with Crippen LogP contribution >= 0.6 is 0 Å². The molecule has 2 aromatic rings. The van der Waals surface area contributed by atoms with Crippen LogP contribution in [0.4, 0.5) is 11.5 Å². The molecule has 5 heteroatoms. The number of nitriles is 1. The third-order valence-corrected chi connectivity index (χ3v) is 4.22. The lowest BCUT2D eigenvalue weighted by Gasteiger charge is -2.26. The fourth-order valence-electron chi connectivity index (χ4n) is 2.86. The van der Waals surface area contributed by atoms with Crippen LogP contribution in [0.25, 0.3) is 0 Å². The number of hydrogen-bond acceptors (Lipinski definition) is 5. The maximum atomic E-state index is 8.87. The van der Waals surface area contributed by atoms with Crippen molar-refractivity contribution in [2.75, 3.05) is 29.9 Å². The number of anilines is 2. The standard InChI is InChI=1S/C17H19N5/c1-13-9-17(20-12-19-13)21(2)16-7-8-22(11-16)15-5-3-14(10-18)4-6-15/h3-6,9,12,16H,7-8,11H2,1-2H3. The van der Waals surface area contributed by atoms with Crippen LogP contribution in [0.3, 0.4) is 0 Å². The molecule has 0 aliphatic carbocycles. The summed E-state index contributed by atoms with van der Waals surface area (Å²) in [6.45, 7) is 3.97. The first-order chi connectivity index (χ1) is 10.7. The quantitative estimate of drug-likeness (QED) is 0.869. The second kappa shape index (κ2) is 6.02. The smallest absolute Gasteiger partial charge is 0.132 e. The van der Waals surface area contributed by atoms with Gasteiger partial charge in [0.2, 0.25) is 0 Å². The lowest BCUT2D eigenvalue weighted by atomic mass is 10.2. The molecule has 1 atom stereocenters. The fraction of sp³-hybridized carbons (Fsp3) is 0.353. The van der Waals surface area contributed by atoms with E-state index in [1.807, 2.05) is 37.3 Å². The lowest BCUT2D eigenvalue weighted by Crippen LogP contribution is -2.35. The average Bonchev–Trinajstić information content (AvgIpc) is 3.04. The number of aromatic nitrogens is 2. The van der Waals surface area contributed by atoms with E-state index in [9.17, 15) is 0 Å². The van der Waals surface area contributed by atoms with Crippen LogP contribution < -0.4 is 9.80 Å². The van der Waals surface area contributed by atoms with Gasteiger partial charge in [0.1, 0.15) is 12.1 Å². The molecule has 1 unspecified atom stereocenters. The zero-order chi connectivity index (χ0) is 15.5. The number of benzene rings is 1. The van der Waals surface area contributed by atoms with Gasteiger partial charge in [-0.1, -0.05) is 0 Å². The van der Waals surface area contributed by atoms with E-state index in [1.165, 1.54) is 5.69 Å². The molecule has 2 heterocycles. The first-order valence-corrected chi connectivity index (χ1v) is 7.44. The first kappa shape index (κ1) is 14.3. The van der Waals surface area contributed by atoms with E-state index >= 15 is 0 Å². The Labute approximate surface area is 130 Å². The van der Waals surface area contributed by atoms with E-state index in [1.54, 1.807) is 6.33 Å². The van der Waals surface area contributed by atoms with Gasteiger partial charge in [0.15, 0.2) is 0 Å². The van der Waals surface area contributed by atoms with Crippen LogP contribution in [0.15, 0.2) is 36.7 Å². The summed E-state index contributed by atoms with van der Waals surface area (Å²) in [4.78, 5) is 13.1. The summed E-state index contributed by atoms with van der Waals surface area (Å²) >= 11 is 0. The molecule has 5 nitrogen and oxygen atoms in total. The Kier molecular flexibility index (Phi) is 3.92. The van der Waals surface area contributed by atoms with Crippen LogP contribution in [-0.4, -0.2) is 36.1 Å². The molecule has 1 aliphatic rings. The lowest BCUT2D eigenvalue weighted by molar-refractivity contribution is 0.683. The van der Waals surface area contributed by atoms with Crippen molar-refractivity contribution in [1.82, 2.24) is 9.97 Å². The Morgan fingerprint density at radius 2 is 2.05 bits per heavy atom. The van der Waals surface area contributed by atoms with Gasteiger partial charge in [-0.2, -0.15) is 5.26 Å². The molecule has 0 amide bonds. The van der Waals surface area contributed by atoms with Crippen LogP contribution in [-0.2, 0) is 0 Å². The molecule has 0 radical (unpaired) electrons. The van der Waals surface area contributed by atoms with E-state index < -0.39 is 0 Å². The molecule has 1 aromatic heterocycles. The van der Waals surface area contributed by atoms with Gasteiger partial charge in [0.05, 0.1) is 11.6 Å². The number of nitrogens with zero attached hydrogens (tertiary/aromatic N) is 5. The normalized spacial score (nSPS) is 17.3. The average molecular weight is 293 g/mol. The highest BCUT2D eigenvalue weighted by atomic mass is 15.3. The van der Waals surface area contributed by atoms with Crippen molar-refractivity contribution in [3.05, 3.63) is 47.9 Å². The summed E-state index contributed by atoms with van der Waals surface area (Å²) in [5, 5.41) is 8.87. The Morgan fingerprint density at radius 3 is 2.73 bits per heavy atom. The predicted octanol–water partition coefficient (Wildman–Crippen LogP) is 2.37. The maximum Gasteiger partial charge on any atom is 0.132 e. The largest absolute Gasteiger partial charge is 0.369 e. The molecule has 0 spiro atoms. The van der Waals surface area contributed by atoms with Gasteiger partial charge in [0.25, 0.3) is 0 Å². The summed E-state index contributed by atoms with van der Waals surface area (Å²) in [7, 11) is 2.09. The summed E-state index contributed by atoms with van der Waals surface area (Å²) in [6, 6.07) is 12.4. The molecule has 3 rings (SSSR count). The molecule has 0 bridgehead atoms. The molecule has 0 saturated carbocycles. The maximum absolute atomic E-state index is 8.87. The third-order valence-electron chi connectivity index (χ3n) is 4.22. The van der Waals surface area contributed by atoms with Crippen molar-refractivity contribution < 1.29 is 0 Å². The number of aryl methyl sites for hydroxylation is 1. The van der Waals surface area contributed by atoms with E-state index in [0.29, 0.717) is 11.6 Å². The summed E-state index contributed by atoms with van der Waals surface area (Å²) < 4.78 is 0. The molecular weight excluding hydrogens is 274 g/mol. The molecule has 1 aromatic carbocycles. The first-order valence-electron chi connectivity index (χ1n) is 7.44. The second-order valence-corrected chi connectivity index (χ2v) is 5.68. The summed E-state index contributed by atoms with van der Waals surface area (Å²) in [5.74, 6) is 0.971. The van der Waals surface area contributed by atoms with E-state index in [0.717, 1.165) is 31.0 Å². The van der Waals surface area contributed by atoms with Gasteiger partial charge >= 0.3 is 0 Å². The highest BCUT2D eigenvalue weighted by Crippen LogP contribution is 2.25. The third kappa shape index (κ3) is 2.86. The van der Waals surface area contributed by atoms with Crippen molar-refractivity contribution in [2.24, 2.45) is 0 Å². The Morgan fingerprint density at radius 1 is 1.27 bits per heavy atom. The van der Waals surface area contributed by atoms with Gasteiger partial charge in [-0.05, 0) is 37.6 Å². The van der Waals surface area contributed by atoms with Crippen molar-refractivity contribution in [3.8, 4) is 6.07 Å². The minimum atomic E-state index is 0.435.